The van der Waals surface area contributed by atoms with Crippen LogP contribution in [0.1, 0.15) is 33.6 Å². The van der Waals surface area contributed by atoms with Crippen molar-refractivity contribution < 1.29 is 9.47 Å². The monoisotopic (exact) mass is 242 g/mol. The minimum absolute atomic E-state index is 0.0908. The second-order valence-electron chi connectivity index (χ2n) is 6.08. The predicted molar refractivity (Wildman–Crippen MR) is 68.0 cm³/mol. The Bertz CT molecular complexity index is 258. The molecule has 0 aliphatic carbocycles. The predicted octanol–water partition coefficient (Wildman–Crippen LogP) is 0.992. The van der Waals surface area contributed by atoms with Crippen LogP contribution in [0.4, 0.5) is 0 Å². The average Bonchev–Trinajstić information content (AvgIpc) is 2.61. The van der Waals surface area contributed by atoms with E-state index in [0.717, 1.165) is 19.6 Å². The van der Waals surface area contributed by atoms with E-state index in [-0.39, 0.29) is 11.7 Å². The van der Waals surface area contributed by atoms with Crippen LogP contribution < -0.4 is 5.73 Å². The second-order valence-corrected chi connectivity index (χ2v) is 6.08. The van der Waals surface area contributed by atoms with Crippen molar-refractivity contribution in [2.75, 3.05) is 26.2 Å². The quantitative estimate of drug-likeness (QED) is 0.802. The molecule has 2 aliphatic heterocycles. The molecule has 4 heteroatoms. The van der Waals surface area contributed by atoms with Crippen molar-refractivity contribution in [3.8, 4) is 0 Å². The zero-order chi connectivity index (χ0) is 12.5. The Hall–Kier alpha value is -0.160. The van der Waals surface area contributed by atoms with Gasteiger partial charge >= 0.3 is 0 Å². The molecule has 2 aliphatic rings. The fourth-order valence-electron chi connectivity index (χ4n) is 2.99. The van der Waals surface area contributed by atoms with Crippen molar-refractivity contribution in [1.29, 1.82) is 0 Å². The Kier molecular flexibility index (Phi) is 4.08. The van der Waals surface area contributed by atoms with Gasteiger partial charge in [0, 0.05) is 26.2 Å². The number of nitrogens with zero attached hydrogens (tertiary/aromatic N) is 1. The lowest BCUT2D eigenvalue weighted by Crippen LogP contribution is -2.56. The first-order chi connectivity index (χ1) is 7.98. The fraction of sp³-hybridized carbons (Fsp3) is 1.00. The standard InChI is InChI=1S/C13H26N2O2/c1-10-4-5-11(16-10)7-15-8-12(6-14)17-13(2,3)9-15/h10-12H,4-9,14H2,1-3H3. The first-order valence-corrected chi connectivity index (χ1v) is 6.74. The Labute approximate surface area is 104 Å². The SMILES string of the molecule is CC1CCC(CN2CC(CN)OC(C)(C)C2)O1. The van der Waals surface area contributed by atoms with Crippen LogP contribution in [0.15, 0.2) is 0 Å². The summed E-state index contributed by atoms with van der Waals surface area (Å²) in [6, 6.07) is 0. The third-order valence-electron chi connectivity index (χ3n) is 3.60. The topological polar surface area (TPSA) is 47.7 Å². The lowest BCUT2D eigenvalue weighted by molar-refractivity contribution is -0.138. The average molecular weight is 242 g/mol. The first kappa shape index (κ1) is 13.3. The van der Waals surface area contributed by atoms with Crippen LogP contribution >= 0.6 is 0 Å². The lowest BCUT2D eigenvalue weighted by atomic mass is 10.0. The number of hydrogen-bond acceptors (Lipinski definition) is 4. The molecule has 0 bridgehead atoms. The van der Waals surface area contributed by atoms with Crippen molar-refractivity contribution in [1.82, 2.24) is 4.90 Å². The molecule has 3 unspecified atom stereocenters. The summed E-state index contributed by atoms with van der Waals surface area (Å²) in [5, 5.41) is 0. The zero-order valence-corrected chi connectivity index (χ0v) is 11.3. The number of morpholine rings is 1. The van der Waals surface area contributed by atoms with Gasteiger partial charge in [0.25, 0.3) is 0 Å². The van der Waals surface area contributed by atoms with E-state index in [0.29, 0.717) is 18.8 Å². The van der Waals surface area contributed by atoms with Gasteiger partial charge in [-0.2, -0.15) is 0 Å². The molecule has 100 valence electrons. The number of ether oxygens (including phenoxy) is 2. The maximum absolute atomic E-state index is 5.93. The Morgan fingerprint density at radius 1 is 1.29 bits per heavy atom. The molecule has 0 aromatic heterocycles. The van der Waals surface area contributed by atoms with Crippen LogP contribution in [-0.2, 0) is 9.47 Å². The van der Waals surface area contributed by atoms with Gasteiger partial charge in [0.1, 0.15) is 0 Å². The van der Waals surface area contributed by atoms with E-state index >= 15 is 0 Å². The molecule has 0 saturated carbocycles. The van der Waals surface area contributed by atoms with Crippen LogP contribution in [0.3, 0.4) is 0 Å². The smallest absolute Gasteiger partial charge is 0.0831 e. The van der Waals surface area contributed by atoms with Crippen LogP contribution in [0.2, 0.25) is 0 Å². The molecule has 2 heterocycles. The van der Waals surface area contributed by atoms with Gasteiger partial charge in [-0.1, -0.05) is 0 Å². The van der Waals surface area contributed by atoms with Crippen molar-refractivity contribution in [3.05, 3.63) is 0 Å². The van der Waals surface area contributed by atoms with Crippen molar-refractivity contribution in [2.45, 2.75) is 57.5 Å². The summed E-state index contributed by atoms with van der Waals surface area (Å²) in [6.07, 6.45) is 3.37. The highest BCUT2D eigenvalue weighted by Gasteiger charge is 2.34. The molecule has 3 atom stereocenters. The van der Waals surface area contributed by atoms with Gasteiger partial charge in [0.15, 0.2) is 0 Å². The first-order valence-electron chi connectivity index (χ1n) is 6.74. The molecule has 2 N–H and O–H groups in total. The molecule has 0 spiro atoms. The number of hydrogen-bond donors (Lipinski definition) is 1. The Morgan fingerprint density at radius 3 is 2.65 bits per heavy atom. The third kappa shape index (κ3) is 3.65. The molecule has 2 rings (SSSR count). The second kappa shape index (κ2) is 5.22. The van der Waals surface area contributed by atoms with E-state index in [4.69, 9.17) is 15.2 Å². The molecular weight excluding hydrogens is 216 g/mol. The third-order valence-corrected chi connectivity index (χ3v) is 3.60. The molecule has 0 aromatic carbocycles. The summed E-state index contributed by atoms with van der Waals surface area (Å²) < 4.78 is 11.8. The molecular formula is C13H26N2O2. The molecule has 4 nitrogen and oxygen atoms in total. The molecule has 0 radical (unpaired) electrons. The minimum atomic E-state index is -0.0908. The van der Waals surface area contributed by atoms with Crippen LogP contribution in [0.5, 0.6) is 0 Å². The van der Waals surface area contributed by atoms with Gasteiger partial charge < -0.3 is 15.2 Å². The van der Waals surface area contributed by atoms with Crippen LogP contribution in [0.25, 0.3) is 0 Å². The largest absolute Gasteiger partial charge is 0.374 e. The van der Waals surface area contributed by atoms with Gasteiger partial charge in [-0.15, -0.1) is 0 Å². The van der Waals surface area contributed by atoms with Crippen molar-refractivity contribution in [2.24, 2.45) is 5.73 Å². The van der Waals surface area contributed by atoms with Crippen molar-refractivity contribution >= 4 is 0 Å². The van der Waals surface area contributed by atoms with E-state index in [1.54, 1.807) is 0 Å². The summed E-state index contributed by atoms with van der Waals surface area (Å²) in [5.41, 5.74) is 5.64. The zero-order valence-electron chi connectivity index (χ0n) is 11.3. The van der Waals surface area contributed by atoms with Crippen molar-refractivity contribution in [3.63, 3.8) is 0 Å². The minimum Gasteiger partial charge on any atom is -0.374 e. The van der Waals surface area contributed by atoms with Crippen LogP contribution in [-0.4, -0.2) is 55.0 Å². The highest BCUT2D eigenvalue weighted by molar-refractivity contribution is 4.86. The molecule has 17 heavy (non-hydrogen) atoms. The van der Waals surface area contributed by atoms with Gasteiger partial charge in [0.05, 0.1) is 23.9 Å². The molecule has 2 fully saturated rings. The van der Waals surface area contributed by atoms with E-state index in [1.165, 1.54) is 12.8 Å². The summed E-state index contributed by atoms with van der Waals surface area (Å²) in [6.45, 7) is 9.97. The molecule has 0 amide bonds. The van der Waals surface area contributed by atoms with Gasteiger partial charge in [-0.05, 0) is 33.6 Å². The summed E-state index contributed by atoms with van der Waals surface area (Å²) >= 11 is 0. The summed E-state index contributed by atoms with van der Waals surface area (Å²) in [7, 11) is 0. The van der Waals surface area contributed by atoms with Gasteiger partial charge in [-0.3, -0.25) is 4.90 Å². The highest BCUT2D eigenvalue weighted by atomic mass is 16.5. The van der Waals surface area contributed by atoms with Crippen LogP contribution in [0, 0.1) is 0 Å². The van der Waals surface area contributed by atoms with E-state index < -0.39 is 0 Å². The summed E-state index contributed by atoms with van der Waals surface area (Å²) in [4.78, 5) is 2.45. The number of rotatable bonds is 3. The van der Waals surface area contributed by atoms with E-state index in [1.807, 2.05) is 0 Å². The fourth-order valence-corrected chi connectivity index (χ4v) is 2.99. The maximum atomic E-state index is 5.93. The van der Waals surface area contributed by atoms with Gasteiger partial charge in [0.2, 0.25) is 0 Å². The summed E-state index contributed by atoms with van der Waals surface area (Å²) in [5.74, 6) is 0. The lowest BCUT2D eigenvalue weighted by Gasteiger charge is -2.43. The van der Waals surface area contributed by atoms with E-state index in [2.05, 4.69) is 25.7 Å². The normalized spacial score (nSPS) is 38.5. The molecule has 2 saturated heterocycles. The number of nitrogens with two attached hydrogens (primary N) is 1. The van der Waals surface area contributed by atoms with E-state index in [9.17, 15) is 0 Å². The highest BCUT2D eigenvalue weighted by Crippen LogP contribution is 2.24. The Balaban J connectivity index is 1.87. The Morgan fingerprint density at radius 2 is 2.06 bits per heavy atom. The van der Waals surface area contributed by atoms with Gasteiger partial charge in [-0.25, -0.2) is 0 Å². The maximum Gasteiger partial charge on any atom is 0.0831 e. The molecule has 0 aromatic rings.